The Morgan fingerprint density at radius 1 is 1.26 bits per heavy atom. The number of ether oxygens (including phenoxy) is 1. The van der Waals surface area contributed by atoms with Crippen LogP contribution in [0.5, 0.6) is 5.75 Å². The number of benzene rings is 1. The van der Waals surface area contributed by atoms with Gasteiger partial charge in [0.15, 0.2) is 11.8 Å². The number of aryl methyl sites for hydroxylation is 1. The number of aromatic nitrogens is 2. The first-order chi connectivity index (χ1) is 14.6. The molecule has 0 radical (unpaired) electrons. The van der Waals surface area contributed by atoms with Crippen molar-refractivity contribution in [2.24, 2.45) is 4.99 Å². The number of aliphatic imine (C=N–C) groups is 1. The molecule has 0 amide bonds. The number of nitrogens with one attached hydrogen (secondary N) is 2. The van der Waals surface area contributed by atoms with Crippen molar-refractivity contribution < 1.29 is 9.26 Å². The Morgan fingerprint density at radius 3 is 2.74 bits per heavy atom. The van der Waals surface area contributed by atoms with Gasteiger partial charge < -0.3 is 19.9 Å². The monoisotopic (exact) mass is 539 g/mol. The van der Waals surface area contributed by atoms with Crippen LogP contribution in [0.4, 0.5) is 0 Å². The summed E-state index contributed by atoms with van der Waals surface area (Å²) in [6.07, 6.45) is 7.39. The molecule has 2 aliphatic rings. The van der Waals surface area contributed by atoms with Crippen LogP contribution >= 0.6 is 24.0 Å². The smallest absolute Gasteiger partial charge is 0.226 e. The van der Waals surface area contributed by atoms with Crippen LogP contribution in [0.15, 0.2) is 33.8 Å². The third kappa shape index (κ3) is 5.70. The number of rotatable bonds is 6. The fraction of sp³-hybridized carbons (Fsp3) is 0.609. The molecule has 1 unspecified atom stereocenters. The summed E-state index contributed by atoms with van der Waals surface area (Å²) in [5, 5.41) is 11.1. The van der Waals surface area contributed by atoms with E-state index in [4.69, 9.17) is 9.26 Å². The average Bonchev–Trinajstić information content (AvgIpc) is 3.40. The van der Waals surface area contributed by atoms with Gasteiger partial charge in [0.05, 0.1) is 6.04 Å². The van der Waals surface area contributed by atoms with Crippen LogP contribution in [0.25, 0.3) is 0 Å². The van der Waals surface area contributed by atoms with Crippen molar-refractivity contribution in [3.63, 3.8) is 0 Å². The van der Waals surface area contributed by atoms with Gasteiger partial charge in [-0.2, -0.15) is 4.98 Å². The maximum Gasteiger partial charge on any atom is 0.226 e. The third-order valence-electron chi connectivity index (χ3n) is 6.11. The average molecular weight is 539 g/mol. The van der Waals surface area contributed by atoms with Gasteiger partial charge in [0.2, 0.25) is 5.89 Å². The molecule has 1 aromatic heterocycles. The molecular formula is C23H34IN5O2. The molecule has 2 heterocycles. The summed E-state index contributed by atoms with van der Waals surface area (Å²) in [4.78, 5) is 8.88. The van der Waals surface area contributed by atoms with Gasteiger partial charge in [-0.1, -0.05) is 37.2 Å². The highest BCUT2D eigenvalue weighted by Crippen LogP contribution is 2.46. The highest BCUT2D eigenvalue weighted by atomic mass is 127. The van der Waals surface area contributed by atoms with E-state index in [9.17, 15) is 0 Å². The molecule has 1 aliphatic carbocycles. The molecule has 2 N–H and O–H groups in total. The van der Waals surface area contributed by atoms with Gasteiger partial charge in [0, 0.05) is 37.9 Å². The van der Waals surface area contributed by atoms with Gasteiger partial charge in [-0.25, -0.2) is 0 Å². The van der Waals surface area contributed by atoms with Crippen LogP contribution in [0, 0.1) is 0 Å². The lowest BCUT2D eigenvalue weighted by atomic mass is 9.86. The second-order valence-electron chi connectivity index (χ2n) is 8.73. The molecule has 2 aromatic rings. The van der Waals surface area contributed by atoms with Crippen LogP contribution < -0.4 is 15.4 Å². The van der Waals surface area contributed by atoms with Crippen molar-refractivity contribution >= 4 is 29.9 Å². The van der Waals surface area contributed by atoms with E-state index < -0.39 is 0 Å². The number of nitrogens with zero attached hydrogens (tertiary/aromatic N) is 3. The normalized spacial score (nSPS) is 19.6. The summed E-state index contributed by atoms with van der Waals surface area (Å²) in [5.74, 6) is 3.59. The minimum absolute atomic E-state index is 0. The van der Waals surface area contributed by atoms with Gasteiger partial charge in [-0.3, -0.25) is 4.99 Å². The van der Waals surface area contributed by atoms with Gasteiger partial charge >= 0.3 is 0 Å². The second-order valence-corrected chi connectivity index (χ2v) is 8.73. The largest absolute Gasteiger partial charge is 0.487 e. The van der Waals surface area contributed by atoms with Gasteiger partial charge in [-0.15, -0.1) is 24.0 Å². The van der Waals surface area contributed by atoms with E-state index in [0.29, 0.717) is 5.89 Å². The van der Waals surface area contributed by atoms with Crippen molar-refractivity contribution in [3.8, 4) is 5.75 Å². The van der Waals surface area contributed by atoms with Gasteiger partial charge in [0.25, 0.3) is 0 Å². The molecule has 1 atom stereocenters. The van der Waals surface area contributed by atoms with Crippen molar-refractivity contribution in [2.75, 3.05) is 13.6 Å². The first-order valence-electron chi connectivity index (χ1n) is 11.2. The Hall–Kier alpha value is -1.84. The molecule has 7 nitrogen and oxygen atoms in total. The lowest BCUT2D eigenvalue weighted by Crippen LogP contribution is -2.46. The zero-order chi connectivity index (χ0) is 21.0. The number of halogens is 1. The summed E-state index contributed by atoms with van der Waals surface area (Å²) >= 11 is 0. The maximum absolute atomic E-state index is 6.47. The minimum Gasteiger partial charge on any atom is -0.487 e. The molecule has 1 saturated carbocycles. The van der Waals surface area contributed by atoms with E-state index in [2.05, 4.69) is 63.9 Å². The molecule has 1 aliphatic heterocycles. The Kier molecular flexibility index (Phi) is 8.18. The van der Waals surface area contributed by atoms with E-state index >= 15 is 0 Å². The summed E-state index contributed by atoms with van der Waals surface area (Å²) < 4.78 is 11.8. The van der Waals surface area contributed by atoms with E-state index in [1.807, 2.05) is 7.05 Å². The van der Waals surface area contributed by atoms with E-state index in [1.54, 1.807) is 0 Å². The summed E-state index contributed by atoms with van der Waals surface area (Å²) in [5.41, 5.74) is 1.18. The minimum atomic E-state index is -0.0308. The van der Waals surface area contributed by atoms with Crippen molar-refractivity contribution in [2.45, 2.75) is 76.4 Å². The van der Waals surface area contributed by atoms with Gasteiger partial charge in [-0.05, 0) is 38.2 Å². The standard InChI is InChI=1S/C23H33N5O2.HI/c1-16(2)21-27-20(30-28-21)11-8-14-25-22(24-3)26-18-15-23(12-6-7-13-23)29-19-10-5-4-9-17(18)19;/h4-5,9-10,16,18H,6-8,11-15H2,1-3H3,(H2,24,25,26);1H. The molecule has 31 heavy (non-hydrogen) atoms. The third-order valence-corrected chi connectivity index (χ3v) is 6.11. The quantitative estimate of drug-likeness (QED) is 0.239. The summed E-state index contributed by atoms with van der Waals surface area (Å²) in [6.45, 7) is 4.92. The lowest BCUT2D eigenvalue weighted by Gasteiger charge is -2.40. The number of guanidine groups is 1. The molecule has 4 rings (SSSR count). The fourth-order valence-electron chi connectivity index (χ4n) is 4.48. The van der Waals surface area contributed by atoms with E-state index in [0.717, 1.165) is 56.2 Å². The van der Waals surface area contributed by atoms with Crippen LogP contribution in [-0.4, -0.2) is 35.3 Å². The number of para-hydroxylation sites is 1. The van der Waals surface area contributed by atoms with Crippen LogP contribution in [0.2, 0.25) is 0 Å². The predicted molar refractivity (Wildman–Crippen MR) is 132 cm³/mol. The number of hydrogen-bond donors (Lipinski definition) is 2. The molecule has 170 valence electrons. The summed E-state index contributed by atoms with van der Waals surface area (Å²) in [6, 6.07) is 8.58. The Balaban J connectivity index is 0.00000272. The maximum atomic E-state index is 6.47. The Morgan fingerprint density at radius 2 is 2.03 bits per heavy atom. The molecule has 8 heteroatoms. The molecule has 1 spiro atoms. The van der Waals surface area contributed by atoms with Crippen molar-refractivity contribution in [3.05, 3.63) is 41.5 Å². The zero-order valence-corrected chi connectivity index (χ0v) is 21.0. The second kappa shape index (κ2) is 10.7. The van der Waals surface area contributed by atoms with Crippen molar-refractivity contribution in [1.82, 2.24) is 20.8 Å². The lowest BCUT2D eigenvalue weighted by molar-refractivity contribution is 0.0396. The van der Waals surface area contributed by atoms with Crippen LogP contribution in [0.1, 0.15) is 81.6 Å². The molecule has 0 bridgehead atoms. The fourth-order valence-corrected chi connectivity index (χ4v) is 4.48. The number of fused-ring (bicyclic) bond motifs is 1. The van der Waals surface area contributed by atoms with Crippen molar-refractivity contribution in [1.29, 1.82) is 0 Å². The van der Waals surface area contributed by atoms with E-state index in [-0.39, 0.29) is 41.5 Å². The number of hydrogen-bond acceptors (Lipinski definition) is 5. The highest BCUT2D eigenvalue weighted by molar-refractivity contribution is 14.0. The first kappa shape index (κ1) is 23.8. The molecule has 0 saturated heterocycles. The molecular weight excluding hydrogens is 505 g/mol. The molecule has 1 fully saturated rings. The van der Waals surface area contributed by atoms with Crippen LogP contribution in [-0.2, 0) is 6.42 Å². The summed E-state index contributed by atoms with van der Waals surface area (Å²) in [7, 11) is 1.82. The van der Waals surface area contributed by atoms with Gasteiger partial charge in [0.1, 0.15) is 11.4 Å². The first-order valence-corrected chi connectivity index (χ1v) is 11.2. The zero-order valence-electron chi connectivity index (χ0n) is 18.7. The highest BCUT2D eigenvalue weighted by Gasteiger charge is 2.43. The topological polar surface area (TPSA) is 84.6 Å². The Bertz CT molecular complexity index is 876. The predicted octanol–water partition coefficient (Wildman–Crippen LogP) is 4.75. The van der Waals surface area contributed by atoms with Crippen LogP contribution in [0.3, 0.4) is 0 Å². The molecule has 1 aromatic carbocycles. The Labute approximate surface area is 201 Å². The van der Waals surface area contributed by atoms with E-state index in [1.165, 1.54) is 18.4 Å². The SMILES string of the molecule is CN=C(NCCCc1nc(C(C)C)no1)NC1CC2(CCCC2)Oc2ccccc21.I.